The number of aliphatic hydroxyl groups excluding tert-OH is 2. The zero-order valence-corrected chi connectivity index (χ0v) is 14.0. The van der Waals surface area contributed by atoms with E-state index in [1.807, 2.05) is 24.3 Å². The molecular formula is C24H16O2. The molecule has 2 atom stereocenters. The van der Waals surface area contributed by atoms with Crippen LogP contribution in [0.15, 0.2) is 72.8 Å². The van der Waals surface area contributed by atoms with E-state index >= 15 is 0 Å². The summed E-state index contributed by atoms with van der Waals surface area (Å²) in [7, 11) is 0. The van der Waals surface area contributed by atoms with Crippen LogP contribution in [-0.4, -0.2) is 10.2 Å². The smallest absolute Gasteiger partial charge is 0.110 e. The number of fused-ring (bicyclic) bond motifs is 5. The highest BCUT2D eigenvalue weighted by atomic mass is 16.3. The normalized spacial score (nSPS) is 19.2. The lowest BCUT2D eigenvalue weighted by molar-refractivity contribution is 0.0179. The van der Waals surface area contributed by atoms with Gasteiger partial charge in [-0.05, 0) is 60.3 Å². The first-order valence-corrected chi connectivity index (χ1v) is 8.90. The standard InChI is InChI=1S/C24H16O2/c25-23-18-11-5-10-17-15-8-3-4-9-16(15)20-14-7-2-1-6-13(14)12-19(24(23)26)22(20)21(17)18/h1-12,23-26H/t23-,24-/m0/s1. The minimum absolute atomic E-state index is 0.813. The van der Waals surface area contributed by atoms with Gasteiger partial charge in [0, 0.05) is 0 Å². The van der Waals surface area contributed by atoms with E-state index in [0.29, 0.717) is 0 Å². The SMILES string of the molecule is O[C@H]1c2cccc3c4ccccc4c4c5ccccc5cc(c4c23)[C@@H]1O. The van der Waals surface area contributed by atoms with Crippen molar-refractivity contribution in [3.8, 4) is 0 Å². The molecule has 2 nitrogen and oxygen atoms in total. The van der Waals surface area contributed by atoms with E-state index in [4.69, 9.17) is 0 Å². The van der Waals surface area contributed by atoms with E-state index in [-0.39, 0.29) is 0 Å². The minimum Gasteiger partial charge on any atom is -0.385 e. The number of rotatable bonds is 0. The molecule has 0 saturated carbocycles. The van der Waals surface area contributed by atoms with E-state index in [2.05, 4.69) is 48.5 Å². The van der Waals surface area contributed by atoms with Crippen molar-refractivity contribution in [3.05, 3.63) is 83.9 Å². The Bertz CT molecular complexity index is 1360. The summed E-state index contributed by atoms with van der Waals surface area (Å²) in [5.74, 6) is 0. The molecule has 0 amide bonds. The molecule has 0 radical (unpaired) electrons. The molecule has 2 N–H and O–H groups in total. The summed E-state index contributed by atoms with van der Waals surface area (Å²) in [5.41, 5.74) is 1.63. The van der Waals surface area contributed by atoms with Crippen LogP contribution in [0.1, 0.15) is 23.3 Å². The highest BCUT2D eigenvalue weighted by Gasteiger charge is 2.31. The number of benzene rings is 5. The topological polar surface area (TPSA) is 40.5 Å². The van der Waals surface area contributed by atoms with Crippen molar-refractivity contribution in [2.75, 3.05) is 0 Å². The third kappa shape index (κ3) is 1.59. The highest BCUT2D eigenvalue weighted by Crippen LogP contribution is 2.49. The highest BCUT2D eigenvalue weighted by molar-refractivity contribution is 6.33. The maximum atomic E-state index is 10.9. The number of hydrogen-bond donors (Lipinski definition) is 2. The quantitative estimate of drug-likeness (QED) is 0.373. The molecule has 26 heavy (non-hydrogen) atoms. The molecule has 5 aromatic rings. The van der Waals surface area contributed by atoms with Crippen molar-refractivity contribution in [1.82, 2.24) is 0 Å². The van der Waals surface area contributed by atoms with E-state index in [1.165, 1.54) is 21.5 Å². The Balaban J connectivity index is 2.09. The summed E-state index contributed by atoms with van der Waals surface area (Å²) >= 11 is 0. The second-order valence-electron chi connectivity index (χ2n) is 7.14. The lowest BCUT2D eigenvalue weighted by Crippen LogP contribution is -2.15. The van der Waals surface area contributed by atoms with Crippen LogP contribution in [0.2, 0.25) is 0 Å². The van der Waals surface area contributed by atoms with Gasteiger partial charge in [0.25, 0.3) is 0 Å². The summed E-state index contributed by atoms with van der Waals surface area (Å²) < 4.78 is 0. The lowest BCUT2D eigenvalue weighted by Gasteiger charge is -2.29. The maximum Gasteiger partial charge on any atom is 0.110 e. The molecule has 6 rings (SSSR count). The molecule has 0 heterocycles. The predicted octanol–water partition coefficient (Wildman–Crippen LogP) is 5.38. The fourth-order valence-corrected chi connectivity index (χ4v) is 4.75. The van der Waals surface area contributed by atoms with Crippen molar-refractivity contribution in [2.24, 2.45) is 0 Å². The van der Waals surface area contributed by atoms with E-state index < -0.39 is 12.2 Å². The van der Waals surface area contributed by atoms with Gasteiger partial charge in [0.1, 0.15) is 12.2 Å². The second-order valence-corrected chi connectivity index (χ2v) is 7.14. The van der Waals surface area contributed by atoms with Crippen LogP contribution in [0, 0.1) is 0 Å². The Kier molecular flexibility index (Phi) is 2.64. The van der Waals surface area contributed by atoms with Crippen molar-refractivity contribution < 1.29 is 10.2 Å². The first kappa shape index (κ1) is 14.3. The molecule has 0 unspecified atom stereocenters. The average molecular weight is 336 g/mol. The first-order valence-electron chi connectivity index (χ1n) is 8.90. The molecular weight excluding hydrogens is 320 g/mol. The summed E-state index contributed by atoms with van der Waals surface area (Å²) in [6.07, 6.45) is -1.82. The first-order chi connectivity index (χ1) is 12.8. The fourth-order valence-electron chi connectivity index (χ4n) is 4.75. The van der Waals surface area contributed by atoms with Crippen LogP contribution in [0.5, 0.6) is 0 Å². The second kappa shape index (κ2) is 4.82. The Morgan fingerprint density at radius 1 is 0.500 bits per heavy atom. The van der Waals surface area contributed by atoms with Crippen molar-refractivity contribution in [1.29, 1.82) is 0 Å². The minimum atomic E-state index is -0.915. The van der Waals surface area contributed by atoms with Gasteiger partial charge in [-0.2, -0.15) is 0 Å². The third-order valence-corrected chi connectivity index (χ3v) is 5.85. The molecule has 5 aromatic carbocycles. The third-order valence-electron chi connectivity index (χ3n) is 5.85. The molecule has 1 aliphatic carbocycles. The number of hydrogen-bond acceptors (Lipinski definition) is 2. The van der Waals surface area contributed by atoms with Gasteiger partial charge in [0.05, 0.1) is 0 Å². The Hall–Kier alpha value is -2.94. The van der Waals surface area contributed by atoms with Crippen molar-refractivity contribution in [2.45, 2.75) is 12.2 Å². The number of aliphatic hydroxyl groups is 2. The Labute approximate surface area is 149 Å². The average Bonchev–Trinajstić information content (AvgIpc) is 2.70. The Morgan fingerprint density at radius 2 is 1.12 bits per heavy atom. The molecule has 0 fully saturated rings. The van der Waals surface area contributed by atoms with Crippen LogP contribution in [-0.2, 0) is 0 Å². The molecule has 0 bridgehead atoms. The van der Waals surface area contributed by atoms with Gasteiger partial charge in [-0.25, -0.2) is 0 Å². The molecule has 0 aromatic heterocycles. The molecule has 1 aliphatic rings. The van der Waals surface area contributed by atoms with E-state index in [1.54, 1.807) is 0 Å². The van der Waals surface area contributed by atoms with E-state index in [0.717, 1.165) is 32.7 Å². The van der Waals surface area contributed by atoms with Crippen LogP contribution in [0.3, 0.4) is 0 Å². The summed E-state index contributed by atoms with van der Waals surface area (Å²) in [4.78, 5) is 0. The van der Waals surface area contributed by atoms with Gasteiger partial charge in [0.2, 0.25) is 0 Å². The summed E-state index contributed by atoms with van der Waals surface area (Å²) in [6.45, 7) is 0. The molecule has 0 saturated heterocycles. The zero-order chi connectivity index (χ0) is 17.4. The summed E-state index contributed by atoms with van der Waals surface area (Å²) in [5, 5.41) is 30.7. The van der Waals surface area contributed by atoms with E-state index in [9.17, 15) is 10.2 Å². The van der Waals surface area contributed by atoms with Gasteiger partial charge >= 0.3 is 0 Å². The fraction of sp³-hybridized carbons (Fsp3) is 0.0833. The Morgan fingerprint density at radius 3 is 1.96 bits per heavy atom. The van der Waals surface area contributed by atoms with Crippen molar-refractivity contribution in [3.63, 3.8) is 0 Å². The molecule has 124 valence electrons. The lowest BCUT2D eigenvalue weighted by atomic mass is 9.79. The van der Waals surface area contributed by atoms with Crippen LogP contribution in [0.4, 0.5) is 0 Å². The van der Waals surface area contributed by atoms with Crippen molar-refractivity contribution >= 4 is 43.1 Å². The van der Waals surface area contributed by atoms with Crippen LogP contribution >= 0.6 is 0 Å². The monoisotopic (exact) mass is 336 g/mol. The predicted molar refractivity (Wildman–Crippen MR) is 106 cm³/mol. The zero-order valence-electron chi connectivity index (χ0n) is 14.0. The van der Waals surface area contributed by atoms with Gasteiger partial charge < -0.3 is 10.2 Å². The molecule has 2 heteroatoms. The maximum absolute atomic E-state index is 10.9. The largest absolute Gasteiger partial charge is 0.385 e. The van der Waals surface area contributed by atoms with Gasteiger partial charge in [-0.3, -0.25) is 0 Å². The van der Waals surface area contributed by atoms with Gasteiger partial charge in [-0.1, -0.05) is 66.7 Å². The van der Waals surface area contributed by atoms with Gasteiger partial charge in [-0.15, -0.1) is 0 Å². The van der Waals surface area contributed by atoms with Crippen LogP contribution < -0.4 is 0 Å². The molecule has 0 aliphatic heterocycles. The van der Waals surface area contributed by atoms with Crippen LogP contribution in [0.25, 0.3) is 43.1 Å². The van der Waals surface area contributed by atoms with Gasteiger partial charge in [0.15, 0.2) is 0 Å². The summed E-state index contributed by atoms with van der Waals surface area (Å²) in [6, 6.07) is 24.8. The molecule has 0 spiro atoms.